The van der Waals surface area contributed by atoms with Gasteiger partial charge in [-0.05, 0) is 52.2 Å². The van der Waals surface area contributed by atoms with Crippen LogP contribution in [0.4, 0.5) is 13.2 Å². The van der Waals surface area contributed by atoms with Crippen LogP contribution in [-0.4, -0.2) is 41.4 Å². The number of carbonyl (C=O) groups excluding carboxylic acids is 1. The number of methoxy groups -OCH3 is 1. The Morgan fingerprint density at radius 1 is 1.26 bits per heavy atom. The van der Waals surface area contributed by atoms with E-state index >= 15 is 0 Å². The molecule has 6 nitrogen and oxygen atoms in total. The van der Waals surface area contributed by atoms with Crippen molar-refractivity contribution in [1.82, 2.24) is 15.1 Å². The molecule has 1 rings (SSSR count). The predicted octanol–water partition coefficient (Wildman–Crippen LogP) is 5.90. The number of ether oxygens (including phenoxy) is 1. The Morgan fingerprint density at radius 2 is 1.91 bits per heavy atom. The van der Waals surface area contributed by atoms with Gasteiger partial charge in [0.25, 0.3) is 5.91 Å². The maximum Gasteiger partial charge on any atom is 0.416 e. The molecule has 0 aliphatic carbocycles. The average molecular weight is 481 g/mol. The highest BCUT2D eigenvalue weighted by Crippen LogP contribution is 2.31. The summed E-state index contributed by atoms with van der Waals surface area (Å²) in [6.07, 6.45) is 1.80. The van der Waals surface area contributed by atoms with E-state index in [9.17, 15) is 18.0 Å². The van der Waals surface area contributed by atoms with E-state index in [2.05, 4.69) is 15.4 Å². The van der Waals surface area contributed by atoms with E-state index in [-0.39, 0.29) is 24.8 Å². The molecule has 0 aliphatic rings. The van der Waals surface area contributed by atoms with Crippen molar-refractivity contribution in [3.05, 3.63) is 63.7 Å². The third-order valence-electron chi connectivity index (χ3n) is 5.23. The maximum absolute atomic E-state index is 13.6. The van der Waals surface area contributed by atoms with Gasteiger partial charge in [0, 0.05) is 18.2 Å². The molecule has 0 saturated carbocycles. The van der Waals surface area contributed by atoms with Crippen LogP contribution in [0.25, 0.3) is 0 Å². The van der Waals surface area contributed by atoms with Crippen molar-refractivity contribution < 1.29 is 22.7 Å². The van der Waals surface area contributed by atoms with Gasteiger partial charge in [0.1, 0.15) is 5.69 Å². The van der Waals surface area contributed by atoms with Crippen LogP contribution in [0.1, 0.15) is 62.3 Å². The summed E-state index contributed by atoms with van der Waals surface area (Å²) in [5, 5.41) is 7.00. The zero-order valence-electron chi connectivity index (χ0n) is 21.2. The molecule has 0 aliphatic heterocycles. The van der Waals surface area contributed by atoms with Crippen LogP contribution in [-0.2, 0) is 11.8 Å². The number of nitrogens with zero attached hydrogens (tertiary/aromatic N) is 3. The average Bonchev–Trinajstić information content (AvgIpc) is 3.03. The van der Waals surface area contributed by atoms with Gasteiger partial charge < -0.3 is 10.1 Å². The number of carbonyl (C=O) groups is 1. The van der Waals surface area contributed by atoms with E-state index in [1.54, 1.807) is 40.0 Å². The Kier molecular flexibility index (Phi) is 11.0. The normalized spacial score (nSPS) is 14.5. The van der Waals surface area contributed by atoms with Crippen LogP contribution in [0.5, 0.6) is 0 Å². The lowest BCUT2D eigenvalue weighted by Gasteiger charge is -2.14. The summed E-state index contributed by atoms with van der Waals surface area (Å²) < 4.78 is 47.5. The van der Waals surface area contributed by atoms with Gasteiger partial charge in [-0.15, -0.1) is 0 Å². The molecular formula is C25H35F3N4O2. The van der Waals surface area contributed by atoms with Crippen LogP contribution >= 0.6 is 0 Å². The topological polar surface area (TPSA) is 68.5 Å². The first-order valence-electron chi connectivity index (χ1n) is 11.1. The van der Waals surface area contributed by atoms with E-state index in [0.29, 0.717) is 23.4 Å². The fraction of sp³-hybridized carbons (Fsp3) is 0.480. The highest BCUT2D eigenvalue weighted by Gasteiger charge is 2.32. The Balaban J connectivity index is 3.41. The third-order valence-corrected chi connectivity index (χ3v) is 5.23. The van der Waals surface area contributed by atoms with Crippen molar-refractivity contribution in [2.24, 2.45) is 12.0 Å². The molecule has 1 N–H and O–H groups in total. The summed E-state index contributed by atoms with van der Waals surface area (Å²) >= 11 is 0. The second-order valence-electron chi connectivity index (χ2n) is 7.72. The molecule has 1 aromatic rings. The Hall–Kier alpha value is -3.10. The number of hydrogen-bond acceptors (Lipinski definition) is 4. The van der Waals surface area contributed by atoms with Crippen molar-refractivity contribution in [1.29, 1.82) is 0 Å². The van der Waals surface area contributed by atoms with Gasteiger partial charge in [0.15, 0.2) is 0 Å². The van der Waals surface area contributed by atoms with Crippen LogP contribution < -0.4 is 5.32 Å². The monoisotopic (exact) mass is 480 g/mol. The van der Waals surface area contributed by atoms with Gasteiger partial charge in [0.2, 0.25) is 5.90 Å². The number of allylic oxidation sites excluding steroid dienone is 6. The Bertz CT molecular complexity index is 1030. The number of halogens is 3. The summed E-state index contributed by atoms with van der Waals surface area (Å²) in [4.78, 5) is 17.2. The van der Waals surface area contributed by atoms with E-state index in [1.807, 2.05) is 20.8 Å². The van der Waals surface area contributed by atoms with Crippen LogP contribution in [0.3, 0.4) is 0 Å². The molecular weight excluding hydrogens is 445 g/mol. The number of aromatic nitrogens is 2. The van der Waals surface area contributed by atoms with Crippen molar-refractivity contribution in [3.63, 3.8) is 0 Å². The van der Waals surface area contributed by atoms with Crippen LogP contribution in [0.15, 0.2) is 51.7 Å². The lowest BCUT2D eigenvalue weighted by molar-refractivity contribution is -0.0884. The molecule has 1 aromatic heterocycles. The molecule has 0 atom stereocenters. The first kappa shape index (κ1) is 28.9. The molecule has 0 unspecified atom stereocenters. The summed E-state index contributed by atoms with van der Waals surface area (Å²) in [7, 11) is 3.09. The lowest BCUT2D eigenvalue weighted by atomic mass is 10.0. The number of hydrogen-bond donors (Lipinski definition) is 1. The van der Waals surface area contributed by atoms with Crippen molar-refractivity contribution in [2.75, 3.05) is 13.7 Å². The van der Waals surface area contributed by atoms with Gasteiger partial charge in [0.05, 0.1) is 30.6 Å². The zero-order chi connectivity index (χ0) is 26.1. The minimum atomic E-state index is -4.49. The quantitative estimate of drug-likeness (QED) is 0.272. The largest absolute Gasteiger partial charge is 0.483 e. The highest BCUT2D eigenvalue weighted by atomic mass is 19.4. The van der Waals surface area contributed by atoms with Gasteiger partial charge in [-0.2, -0.15) is 18.3 Å². The number of aryl methyl sites for hydroxylation is 2. The number of aliphatic imine (C=N–C) groups is 1. The molecule has 0 bridgehead atoms. The molecule has 1 amide bonds. The third kappa shape index (κ3) is 7.74. The minimum absolute atomic E-state index is 0.0421. The number of alkyl halides is 3. The SMILES string of the molecule is C\C=C/C(=C\C(=C\CC)C(F)(F)F)C(/N=C(/CNC(=O)c1c(C)c(C)nn1C)OC)=C(/C)CC. The number of nitrogens with one attached hydrogen (secondary N) is 1. The minimum Gasteiger partial charge on any atom is -0.483 e. The van der Waals surface area contributed by atoms with Gasteiger partial charge >= 0.3 is 6.18 Å². The van der Waals surface area contributed by atoms with Crippen LogP contribution in [0, 0.1) is 13.8 Å². The Morgan fingerprint density at radius 3 is 2.35 bits per heavy atom. The molecule has 0 aromatic carbocycles. The second-order valence-corrected chi connectivity index (χ2v) is 7.72. The van der Waals surface area contributed by atoms with E-state index in [0.717, 1.165) is 29.0 Å². The number of amides is 1. The molecule has 1 heterocycles. The first-order valence-corrected chi connectivity index (χ1v) is 11.1. The van der Waals surface area contributed by atoms with Gasteiger partial charge in [-0.3, -0.25) is 9.48 Å². The molecule has 0 spiro atoms. The van der Waals surface area contributed by atoms with Crippen molar-refractivity contribution >= 4 is 11.8 Å². The molecule has 9 heteroatoms. The molecule has 0 radical (unpaired) electrons. The van der Waals surface area contributed by atoms with Crippen molar-refractivity contribution in [3.8, 4) is 0 Å². The second kappa shape index (κ2) is 13.0. The molecule has 0 fully saturated rings. The van der Waals surface area contributed by atoms with Crippen LogP contribution in [0.2, 0.25) is 0 Å². The van der Waals surface area contributed by atoms with E-state index < -0.39 is 11.7 Å². The zero-order valence-corrected chi connectivity index (χ0v) is 21.2. The fourth-order valence-corrected chi connectivity index (χ4v) is 3.20. The molecule has 0 saturated heterocycles. The summed E-state index contributed by atoms with van der Waals surface area (Å²) in [5.41, 5.74) is 2.64. The first-order chi connectivity index (χ1) is 15.9. The van der Waals surface area contributed by atoms with Gasteiger partial charge in [-0.25, -0.2) is 4.99 Å². The van der Waals surface area contributed by atoms with E-state index in [4.69, 9.17) is 4.74 Å². The Labute approximate surface area is 200 Å². The summed E-state index contributed by atoms with van der Waals surface area (Å²) in [5.74, 6) is -0.186. The molecule has 188 valence electrons. The predicted molar refractivity (Wildman–Crippen MR) is 130 cm³/mol. The lowest BCUT2D eigenvalue weighted by Crippen LogP contribution is -2.32. The maximum atomic E-state index is 13.6. The van der Waals surface area contributed by atoms with Crippen molar-refractivity contribution in [2.45, 2.75) is 60.6 Å². The van der Waals surface area contributed by atoms with Gasteiger partial charge in [-0.1, -0.05) is 32.1 Å². The summed E-state index contributed by atoms with van der Waals surface area (Å²) in [6.45, 7) is 10.7. The standard InChI is InChI=1S/C25H35F3N4O2/c1-9-12-19(14-20(13-10-2)25(26,27)28)22(16(4)11-3)30-21(34-8)15-29-24(33)23-17(5)18(6)31-32(23)7/h9,12-14H,10-11,15H2,1-8H3,(H,29,33)/b12-9-,19-14+,20-13-,22-16+,30-21-. The highest BCUT2D eigenvalue weighted by molar-refractivity contribution is 5.96. The molecule has 34 heavy (non-hydrogen) atoms. The smallest absolute Gasteiger partial charge is 0.416 e. The van der Waals surface area contributed by atoms with E-state index in [1.165, 1.54) is 11.8 Å². The number of rotatable bonds is 9. The summed E-state index contributed by atoms with van der Waals surface area (Å²) in [6, 6.07) is 0. The fourth-order valence-electron chi connectivity index (χ4n) is 3.20.